The van der Waals surface area contributed by atoms with E-state index in [1.54, 1.807) is 18.2 Å². The summed E-state index contributed by atoms with van der Waals surface area (Å²) in [5, 5.41) is 7.64. The van der Waals surface area contributed by atoms with E-state index in [0.717, 1.165) is 5.69 Å². The van der Waals surface area contributed by atoms with Crippen LogP contribution in [0.2, 0.25) is 0 Å². The molecule has 22 heavy (non-hydrogen) atoms. The quantitative estimate of drug-likeness (QED) is 0.695. The van der Waals surface area contributed by atoms with Crippen LogP contribution in [0.15, 0.2) is 60.8 Å². The van der Waals surface area contributed by atoms with E-state index >= 15 is 0 Å². The number of carbonyl (C=O) groups is 1. The van der Waals surface area contributed by atoms with E-state index in [2.05, 4.69) is 10.3 Å². The Morgan fingerprint density at radius 1 is 1.09 bits per heavy atom. The van der Waals surface area contributed by atoms with Crippen LogP contribution in [0.1, 0.15) is 16.1 Å². The van der Waals surface area contributed by atoms with Crippen molar-refractivity contribution in [2.45, 2.75) is 6.61 Å². The topological polar surface area (TPSA) is 57.0 Å². The van der Waals surface area contributed by atoms with E-state index in [4.69, 9.17) is 4.74 Å². The van der Waals surface area contributed by atoms with Crippen LogP contribution in [0, 0.1) is 5.82 Å². The first-order chi connectivity index (χ1) is 10.7. The molecule has 0 aliphatic rings. The number of esters is 1. The Hall–Kier alpha value is -3.02. The van der Waals surface area contributed by atoms with Crippen LogP contribution < -0.4 is 0 Å². The average Bonchev–Trinajstić information content (AvgIpc) is 3.05. The molecular formula is C16H12FN3O2. The van der Waals surface area contributed by atoms with Gasteiger partial charge in [0.1, 0.15) is 12.4 Å². The Kier molecular flexibility index (Phi) is 3.91. The lowest BCUT2D eigenvalue weighted by atomic mass is 10.2. The Morgan fingerprint density at radius 2 is 1.82 bits per heavy atom. The molecule has 2 aromatic carbocycles. The lowest BCUT2D eigenvalue weighted by Gasteiger charge is -2.03. The average molecular weight is 297 g/mol. The fourth-order valence-corrected chi connectivity index (χ4v) is 1.90. The standard InChI is InChI=1S/C16H12FN3O2/c17-14-9-5-4-6-12(14)11-22-16(21)15-10-20(19-18-15)13-7-2-1-3-8-13/h1-10H,11H2. The molecule has 0 bridgehead atoms. The summed E-state index contributed by atoms with van der Waals surface area (Å²) in [4.78, 5) is 11.9. The highest BCUT2D eigenvalue weighted by molar-refractivity contribution is 5.86. The zero-order valence-corrected chi connectivity index (χ0v) is 11.5. The summed E-state index contributed by atoms with van der Waals surface area (Å²) in [5.74, 6) is -1.06. The summed E-state index contributed by atoms with van der Waals surface area (Å²) >= 11 is 0. The fraction of sp³-hybridized carbons (Fsp3) is 0.0625. The number of ether oxygens (including phenoxy) is 1. The molecule has 0 aliphatic heterocycles. The van der Waals surface area contributed by atoms with Crippen molar-refractivity contribution in [2.24, 2.45) is 0 Å². The third kappa shape index (κ3) is 3.01. The normalized spacial score (nSPS) is 10.4. The van der Waals surface area contributed by atoms with E-state index in [1.807, 2.05) is 30.3 Å². The van der Waals surface area contributed by atoms with Crippen LogP contribution in [0.3, 0.4) is 0 Å². The predicted octanol–water partition coefficient (Wildman–Crippen LogP) is 2.76. The van der Waals surface area contributed by atoms with Gasteiger partial charge in [-0.25, -0.2) is 13.9 Å². The number of para-hydroxylation sites is 1. The molecule has 0 amide bonds. The maximum absolute atomic E-state index is 13.4. The number of benzene rings is 2. The first-order valence-electron chi connectivity index (χ1n) is 6.62. The molecule has 0 unspecified atom stereocenters. The molecule has 0 radical (unpaired) electrons. The summed E-state index contributed by atoms with van der Waals surface area (Å²) in [5.41, 5.74) is 1.16. The molecule has 0 spiro atoms. The largest absolute Gasteiger partial charge is 0.456 e. The van der Waals surface area contributed by atoms with Gasteiger partial charge in [-0.15, -0.1) is 5.10 Å². The number of nitrogens with zero attached hydrogens (tertiary/aromatic N) is 3. The minimum Gasteiger partial charge on any atom is -0.456 e. The van der Waals surface area contributed by atoms with Crippen molar-refractivity contribution < 1.29 is 13.9 Å². The Bertz CT molecular complexity index is 787. The van der Waals surface area contributed by atoms with E-state index < -0.39 is 11.8 Å². The highest BCUT2D eigenvalue weighted by atomic mass is 19.1. The van der Waals surface area contributed by atoms with Gasteiger partial charge in [-0.3, -0.25) is 0 Å². The molecule has 6 heteroatoms. The smallest absolute Gasteiger partial charge is 0.360 e. The second-order valence-electron chi connectivity index (χ2n) is 4.55. The molecule has 1 heterocycles. The SMILES string of the molecule is O=C(OCc1ccccc1F)c1cn(-c2ccccc2)nn1. The lowest BCUT2D eigenvalue weighted by Crippen LogP contribution is -2.06. The molecule has 0 saturated heterocycles. The van der Waals surface area contributed by atoms with Crippen molar-refractivity contribution >= 4 is 5.97 Å². The molecular weight excluding hydrogens is 285 g/mol. The molecule has 0 N–H and O–H groups in total. The third-order valence-electron chi connectivity index (χ3n) is 3.04. The van der Waals surface area contributed by atoms with E-state index in [0.29, 0.717) is 5.56 Å². The summed E-state index contributed by atoms with van der Waals surface area (Å²) in [6.45, 7) is -0.149. The van der Waals surface area contributed by atoms with Crippen molar-refractivity contribution in [2.75, 3.05) is 0 Å². The molecule has 3 rings (SSSR count). The number of halogens is 1. The number of rotatable bonds is 4. The third-order valence-corrected chi connectivity index (χ3v) is 3.04. The lowest BCUT2D eigenvalue weighted by molar-refractivity contribution is 0.0462. The first-order valence-corrected chi connectivity index (χ1v) is 6.62. The maximum Gasteiger partial charge on any atom is 0.360 e. The van der Waals surface area contributed by atoms with Crippen LogP contribution in [-0.2, 0) is 11.3 Å². The maximum atomic E-state index is 13.4. The summed E-state index contributed by atoms with van der Waals surface area (Å²) in [7, 11) is 0. The van der Waals surface area contributed by atoms with Crippen molar-refractivity contribution in [3.63, 3.8) is 0 Å². The van der Waals surface area contributed by atoms with Crippen molar-refractivity contribution in [1.82, 2.24) is 15.0 Å². The van der Waals surface area contributed by atoms with E-state index in [-0.39, 0.29) is 12.3 Å². The number of carbonyl (C=O) groups excluding carboxylic acids is 1. The molecule has 1 aromatic heterocycles. The molecule has 5 nitrogen and oxygen atoms in total. The Morgan fingerprint density at radius 3 is 2.59 bits per heavy atom. The van der Waals surface area contributed by atoms with Gasteiger partial charge in [0.05, 0.1) is 11.9 Å². The van der Waals surface area contributed by atoms with Gasteiger partial charge in [0, 0.05) is 5.56 Å². The van der Waals surface area contributed by atoms with Gasteiger partial charge in [-0.1, -0.05) is 41.6 Å². The summed E-state index contributed by atoms with van der Waals surface area (Å²) in [6.07, 6.45) is 1.47. The zero-order valence-electron chi connectivity index (χ0n) is 11.5. The van der Waals surface area contributed by atoms with E-state index in [9.17, 15) is 9.18 Å². The monoisotopic (exact) mass is 297 g/mol. The van der Waals surface area contributed by atoms with Gasteiger partial charge in [-0.2, -0.15) is 0 Å². The van der Waals surface area contributed by atoms with Crippen LogP contribution in [0.25, 0.3) is 5.69 Å². The fourth-order valence-electron chi connectivity index (χ4n) is 1.90. The minimum absolute atomic E-state index is 0.0696. The summed E-state index contributed by atoms with van der Waals surface area (Å²) < 4.78 is 20.0. The van der Waals surface area contributed by atoms with Gasteiger partial charge >= 0.3 is 5.97 Å². The van der Waals surface area contributed by atoms with Crippen molar-refractivity contribution in [3.8, 4) is 5.69 Å². The first kappa shape index (κ1) is 13.9. The molecule has 110 valence electrons. The Labute approximate surface area is 126 Å². The predicted molar refractivity (Wildman–Crippen MR) is 76.9 cm³/mol. The van der Waals surface area contributed by atoms with Crippen molar-refractivity contribution in [1.29, 1.82) is 0 Å². The molecule has 0 fully saturated rings. The minimum atomic E-state index is -0.648. The van der Waals surface area contributed by atoms with Gasteiger partial charge in [-0.05, 0) is 18.2 Å². The molecule has 0 saturated carbocycles. The van der Waals surface area contributed by atoms with Crippen molar-refractivity contribution in [3.05, 3.63) is 77.9 Å². The van der Waals surface area contributed by atoms with Crippen LogP contribution >= 0.6 is 0 Å². The second-order valence-corrected chi connectivity index (χ2v) is 4.55. The van der Waals surface area contributed by atoms with Crippen LogP contribution in [0.4, 0.5) is 4.39 Å². The van der Waals surface area contributed by atoms with Gasteiger partial charge in [0.2, 0.25) is 0 Å². The van der Waals surface area contributed by atoms with Crippen LogP contribution in [0.5, 0.6) is 0 Å². The highest BCUT2D eigenvalue weighted by Crippen LogP contribution is 2.10. The van der Waals surface area contributed by atoms with Crippen LogP contribution in [-0.4, -0.2) is 21.0 Å². The number of hydrogen-bond donors (Lipinski definition) is 0. The molecule has 0 atom stereocenters. The van der Waals surface area contributed by atoms with Gasteiger partial charge in [0.25, 0.3) is 0 Å². The second kappa shape index (κ2) is 6.17. The van der Waals surface area contributed by atoms with Gasteiger partial charge < -0.3 is 4.74 Å². The Balaban J connectivity index is 1.69. The van der Waals surface area contributed by atoms with E-state index in [1.165, 1.54) is 16.9 Å². The number of aromatic nitrogens is 3. The highest BCUT2D eigenvalue weighted by Gasteiger charge is 2.14. The number of hydrogen-bond acceptors (Lipinski definition) is 4. The van der Waals surface area contributed by atoms with Gasteiger partial charge in [0.15, 0.2) is 5.69 Å². The summed E-state index contributed by atoms with van der Waals surface area (Å²) in [6, 6.07) is 15.4. The zero-order chi connectivity index (χ0) is 15.4. The molecule has 3 aromatic rings. The molecule has 0 aliphatic carbocycles.